The summed E-state index contributed by atoms with van der Waals surface area (Å²) in [6.07, 6.45) is 0. The van der Waals surface area contributed by atoms with Gasteiger partial charge in [0.2, 0.25) is 0 Å². The second kappa shape index (κ2) is 3.36. The second-order valence-electron chi connectivity index (χ2n) is 1.75. The quantitative estimate of drug-likeness (QED) is 0.464. The van der Waals surface area contributed by atoms with Crippen LogP contribution in [-0.2, 0) is 0 Å². The normalized spacial score (nSPS) is 9.82. The van der Waals surface area contributed by atoms with Gasteiger partial charge in [-0.3, -0.25) is 0 Å². The number of hydrogen-bond donors (Lipinski definition) is 2. The summed E-state index contributed by atoms with van der Waals surface area (Å²) >= 11 is 10.9. The Bertz CT molecular complexity index is 250. The lowest BCUT2D eigenvalue weighted by molar-refractivity contribution is 0.422. The third-order valence-electron chi connectivity index (χ3n) is 0.912. The van der Waals surface area contributed by atoms with Crippen molar-refractivity contribution in [2.45, 2.75) is 0 Å². The van der Waals surface area contributed by atoms with E-state index in [1.54, 1.807) is 0 Å². The van der Waals surface area contributed by atoms with Crippen molar-refractivity contribution >= 4 is 36.0 Å². The standard InChI is InChI=1S/C4H3BCl2N2O2/c6-2-1-3(7)9-4(8-2)5(10)11/h1,10-11H. The van der Waals surface area contributed by atoms with Gasteiger partial charge in [-0.05, 0) is 0 Å². The Labute approximate surface area is 73.0 Å². The summed E-state index contributed by atoms with van der Waals surface area (Å²) in [6.45, 7) is 0. The summed E-state index contributed by atoms with van der Waals surface area (Å²) in [5, 5.41) is 17.3. The molecule has 0 unspecified atom stereocenters. The lowest BCUT2D eigenvalue weighted by Crippen LogP contribution is -2.35. The second-order valence-corrected chi connectivity index (χ2v) is 2.52. The SMILES string of the molecule is OB(O)c1nc(Cl)cc(Cl)n1. The molecule has 2 N–H and O–H groups in total. The molecule has 4 nitrogen and oxygen atoms in total. The van der Waals surface area contributed by atoms with E-state index >= 15 is 0 Å². The van der Waals surface area contributed by atoms with E-state index in [2.05, 4.69) is 9.97 Å². The molecule has 0 atom stereocenters. The molecule has 0 bridgehead atoms. The molecule has 0 spiro atoms. The number of halogens is 2. The summed E-state index contributed by atoms with van der Waals surface area (Å²) in [7, 11) is -1.74. The van der Waals surface area contributed by atoms with Gasteiger partial charge in [0.1, 0.15) is 10.3 Å². The van der Waals surface area contributed by atoms with Gasteiger partial charge in [-0.1, -0.05) is 23.2 Å². The van der Waals surface area contributed by atoms with Gasteiger partial charge < -0.3 is 10.0 Å². The highest BCUT2D eigenvalue weighted by molar-refractivity contribution is 6.57. The van der Waals surface area contributed by atoms with Crippen molar-refractivity contribution in [2.75, 3.05) is 0 Å². The van der Waals surface area contributed by atoms with Crippen molar-refractivity contribution in [1.29, 1.82) is 0 Å². The van der Waals surface area contributed by atoms with Crippen LogP contribution in [0.4, 0.5) is 0 Å². The zero-order valence-corrected chi connectivity index (χ0v) is 6.71. The Morgan fingerprint density at radius 2 is 1.64 bits per heavy atom. The Balaban J connectivity index is 3.08. The van der Waals surface area contributed by atoms with Gasteiger partial charge in [0.05, 0.1) is 0 Å². The molecule has 11 heavy (non-hydrogen) atoms. The van der Waals surface area contributed by atoms with Crippen LogP contribution in [0.25, 0.3) is 0 Å². The highest BCUT2D eigenvalue weighted by atomic mass is 35.5. The molecule has 0 radical (unpaired) electrons. The maximum Gasteiger partial charge on any atom is 0.528 e. The van der Waals surface area contributed by atoms with Crippen LogP contribution < -0.4 is 5.72 Å². The van der Waals surface area contributed by atoms with Crippen molar-refractivity contribution in [1.82, 2.24) is 9.97 Å². The fraction of sp³-hybridized carbons (Fsp3) is 0. The van der Waals surface area contributed by atoms with Gasteiger partial charge in [0.15, 0.2) is 5.72 Å². The van der Waals surface area contributed by atoms with Crippen molar-refractivity contribution in [3.05, 3.63) is 16.4 Å². The summed E-state index contributed by atoms with van der Waals surface area (Å²) in [4.78, 5) is 7.01. The minimum absolute atomic E-state index is 0.0769. The van der Waals surface area contributed by atoms with Gasteiger partial charge in [-0.2, -0.15) is 0 Å². The molecule has 1 aromatic heterocycles. The van der Waals surface area contributed by atoms with Crippen molar-refractivity contribution in [3.8, 4) is 0 Å². The van der Waals surface area contributed by atoms with E-state index in [-0.39, 0.29) is 16.0 Å². The summed E-state index contributed by atoms with van der Waals surface area (Å²) in [5.41, 5.74) is -0.206. The number of nitrogens with zero attached hydrogens (tertiary/aromatic N) is 2. The predicted molar refractivity (Wildman–Crippen MR) is 41.9 cm³/mol. The van der Waals surface area contributed by atoms with Crippen molar-refractivity contribution in [3.63, 3.8) is 0 Å². The van der Waals surface area contributed by atoms with Crippen molar-refractivity contribution < 1.29 is 10.0 Å². The van der Waals surface area contributed by atoms with Gasteiger partial charge in [-0.25, -0.2) is 9.97 Å². The van der Waals surface area contributed by atoms with E-state index in [9.17, 15) is 0 Å². The lowest BCUT2D eigenvalue weighted by Gasteiger charge is -1.97. The first-order chi connectivity index (χ1) is 5.09. The van der Waals surface area contributed by atoms with Crippen LogP contribution in [-0.4, -0.2) is 27.1 Å². The Kier molecular flexibility index (Phi) is 2.67. The predicted octanol–water partition coefficient (Wildman–Crippen LogP) is -0.537. The molecule has 1 heterocycles. The summed E-state index contributed by atoms with van der Waals surface area (Å²) in [6, 6.07) is 1.30. The molecule has 0 aliphatic rings. The fourth-order valence-corrected chi connectivity index (χ4v) is 0.958. The topological polar surface area (TPSA) is 66.2 Å². The molecule has 1 aromatic rings. The molecule has 58 valence electrons. The first-order valence-electron chi connectivity index (χ1n) is 2.65. The minimum Gasteiger partial charge on any atom is -0.421 e. The van der Waals surface area contributed by atoms with Crippen LogP contribution in [0.3, 0.4) is 0 Å². The molecule has 0 aromatic carbocycles. The van der Waals surface area contributed by atoms with Crippen LogP contribution >= 0.6 is 23.2 Å². The Hall–Kier alpha value is -0.355. The Morgan fingerprint density at radius 3 is 2.00 bits per heavy atom. The molecule has 0 saturated heterocycles. The fourth-order valence-electron chi connectivity index (χ4n) is 0.522. The molecule has 0 saturated carbocycles. The molecule has 0 aliphatic heterocycles. The molecule has 0 aliphatic carbocycles. The molecular formula is C4H3BCl2N2O2. The smallest absolute Gasteiger partial charge is 0.421 e. The summed E-state index contributed by atoms with van der Waals surface area (Å²) < 4.78 is 0. The van der Waals surface area contributed by atoms with Crippen LogP contribution in [0.1, 0.15) is 0 Å². The van der Waals surface area contributed by atoms with Crippen LogP contribution in [0, 0.1) is 0 Å². The largest absolute Gasteiger partial charge is 0.528 e. The number of hydrogen-bond acceptors (Lipinski definition) is 4. The van der Waals surface area contributed by atoms with Gasteiger partial charge >= 0.3 is 7.12 Å². The first kappa shape index (κ1) is 8.74. The maximum atomic E-state index is 8.59. The monoisotopic (exact) mass is 192 g/mol. The molecular weight excluding hydrogens is 190 g/mol. The lowest BCUT2D eigenvalue weighted by atomic mass is 9.91. The van der Waals surface area contributed by atoms with Gasteiger partial charge in [-0.15, -0.1) is 0 Å². The molecule has 0 amide bonds. The zero-order valence-electron chi connectivity index (χ0n) is 5.20. The van der Waals surface area contributed by atoms with Gasteiger partial charge in [0, 0.05) is 6.07 Å². The van der Waals surface area contributed by atoms with E-state index < -0.39 is 7.12 Å². The van der Waals surface area contributed by atoms with Gasteiger partial charge in [0.25, 0.3) is 0 Å². The molecule has 0 fully saturated rings. The highest BCUT2D eigenvalue weighted by Crippen LogP contribution is 2.07. The van der Waals surface area contributed by atoms with E-state index in [0.29, 0.717) is 0 Å². The van der Waals surface area contributed by atoms with E-state index in [1.165, 1.54) is 6.07 Å². The molecule has 1 rings (SSSR count). The third-order valence-corrected chi connectivity index (χ3v) is 1.30. The molecule has 7 heteroatoms. The van der Waals surface area contributed by atoms with Crippen LogP contribution in [0.2, 0.25) is 10.3 Å². The van der Waals surface area contributed by atoms with E-state index in [1.807, 2.05) is 0 Å². The van der Waals surface area contributed by atoms with E-state index in [0.717, 1.165) is 0 Å². The van der Waals surface area contributed by atoms with Crippen LogP contribution in [0.15, 0.2) is 6.07 Å². The van der Waals surface area contributed by atoms with Crippen molar-refractivity contribution in [2.24, 2.45) is 0 Å². The third kappa shape index (κ3) is 2.30. The zero-order chi connectivity index (χ0) is 8.43. The summed E-state index contributed by atoms with van der Waals surface area (Å²) in [5.74, 6) is 0. The Morgan fingerprint density at radius 1 is 1.18 bits per heavy atom. The average Bonchev–Trinajstić information content (AvgIpc) is 1.85. The van der Waals surface area contributed by atoms with E-state index in [4.69, 9.17) is 33.2 Å². The highest BCUT2D eigenvalue weighted by Gasteiger charge is 2.15. The number of rotatable bonds is 1. The number of aromatic nitrogens is 2. The van der Waals surface area contributed by atoms with Crippen LogP contribution in [0.5, 0.6) is 0 Å². The average molecular weight is 193 g/mol. The maximum absolute atomic E-state index is 8.59. The minimum atomic E-state index is -1.74. The first-order valence-corrected chi connectivity index (χ1v) is 3.41.